The quantitative estimate of drug-likeness (QED) is 0.549. The number of halogens is 1. The predicted octanol–water partition coefficient (Wildman–Crippen LogP) is 2.67. The van der Waals surface area contributed by atoms with Gasteiger partial charge < -0.3 is 15.1 Å². The molecule has 1 saturated heterocycles. The van der Waals surface area contributed by atoms with Crippen molar-refractivity contribution < 1.29 is 14.0 Å². The fourth-order valence-corrected chi connectivity index (χ4v) is 4.02. The molecule has 30 heavy (non-hydrogen) atoms. The summed E-state index contributed by atoms with van der Waals surface area (Å²) in [7, 11) is 0. The molecule has 3 rings (SSSR count). The summed E-state index contributed by atoms with van der Waals surface area (Å²) in [5.74, 6) is 0.0636. The van der Waals surface area contributed by atoms with Crippen molar-refractivity contribution in [1.82, 2.24) is 10.2 Å². The minimum atomic E-state index is -1.11. The topological polar surface area (TPSA) is 102 Å². The first kappa shape index (κ1) is 21.7. The standard InChI is InChI=1S/C22H26FN5O2/c1-15(27-30-14-17-4-2-16(10-24)3-5-17)18-6-7-20(8-18)26-12-22(29)28-13-19(23)9-21(28)11-25/h2-5,18-21,26H,6-9,12-14H2,1H3/b27-15+/t18-,19-,20+,21-/m0/s1. The van der Waals surface area contributed by atoms with Gasteiger partial charge in [-0.25, -0.2) is 4.39 Å². The maximum atomic E-state index is 13.5. The summed E-state index contributed by atoms with van der Waals surface area (Å²) in [5, 5.41) is 25.4. The van der Waals surface area contributed by atoms with E-state index in [2.05, 4.69) is 16.5 Å². The molecule has 1 aliphatic carbocycles. The smallest absolute Gasteiger partial charge is 0.237 e. The number of nitrogens with zero attached hydrogens (tertiary/aromatic N) is 4. The zero-order valence-electron chi connectivity index (χ0n) is 17.1. The van der Waals surface area contributed by atoms with Gasteiger partial charge in [-0.15, -0.1) is 0 Å². The van der Waals surface area contributed by atoms with Gasteiger partial charge in [-0.05, 0) is 43.9 Å². The lowest BCUT2D eigenvalue weighted by Crippen LogP contribution is -2.43. The highest BCUT2D eigenvalue weighted by Crippen LogP contribution is 2.27. The molecule has 8 heteroatoms. The molecule has 7 nitrogen and oxygen atoms in total. The fraction of sp³-hybridized carbons (Fsp3) is 0.545. The molecular formula is C22H26FN5O2. The molecule has 1 aliphatic heterocycles. The van der Waals surface area contributed by atoms with Crippen LogP contribution in [0.2, 0.25) is 0 Å². The van der Waals surface area contributed by atoms with Crippen molar-refractivity contribution in [1.29, 1.82) is 10.5 Å². The number of nitrogens with one attached hydrogen (secondary N) is 1. The Morgan fingerprint density at radius 2 is 2.07 bits per heavy atom. The summed E-state index contributed by atoms with van der Waals surface area (Å²) in [6, 6.07) is 10.8. The van der Waals surface area contributed by atoms with Crippen LogP contribution in [-0.2, 0) is 16.2 Å². The van der Waals surface area contributed by atoms with Crippen LogP contribution >= 0.6 is 0 Å². The Bertz CT molecular complexity index is 858. The number of hydrogen-bond acceptors (Lipinski definition) is 6. The van der Waals surface area contributed by atoms with Crippen LogP contribution in [0, 0.1) is 28.6 Å². The Labute approximate surface area is 176 Å². The predicted molar refractivity (Wildman–Crippen MR) is 109 cm³/mol. The number of rotatable bonds is 7. The molecule has 1 N–H and O–H groups in total. The Balaban J connectivity index is 1.41. The Hall–Kier alpha value is -2.97. The number of alkyl halides is 1. The number of oxime groups is 1. The number of benzene rings is 1. The summed E-state index contributed by atoms with van der Waals surface area (Å²) in [6.45, 7) is 2.42. The monoisotopic (exact) mass is 411 g/mol. The van der Waals surface area contributed by atoms with Gasteiger partial charge in [-0.3, -0.25) is 4.79 Å². The van der Waals surface area contributed by atoms with Crippen molar-refractivity contribution in [3.05, 3.63) is 35.4 Å². The van der Waals surface area contributed by atoms with Crippen LogP contribution in [0.3, 0.4) is 0 Å². The maximum Gasteiger partial charge on any atom is 0.237 e. The summed E-state index contributed by atoms with van der Waals surface area (Å²) in [5.41, 5.74) is 2.48. The molecule has 158 valence electrons. The molecule has 1 saturated carbocycles. The van der Waals surface area contributed by atoms with Gasteiger partial charge in [-0.1, -0.05) is 17.3 Å². The third-order valence-electron chi connectivity index (χ3n) is 5.81. The molecular weight excluding hydrogens is 385 g/mol. The number of nitriles is 2. The molecule has 1 aromatic rings. The van der Waals surface area contributed by atoms with Crippen LogP contribution in [0.25, 0.3) is 0 Å². The molecule has 4 atom stereocenters. The molecule has 0 bridgehead atoms. The normalized spacial score (nSPS) is 26.3. The molecule has 0 aromatic heterocycles. The number of hydrogen-bond donors (Lipinski definition) is 1. The summed E-state index contributed by atoms with van der Waals surface area (Å²) >= 11 is 0. The SMILES string of the molecule is C/C(=N\OCc1ccc(C#N)cc1)[C@H]1CC[C@@H](NCC(=O)N2C[C@@H](F)C[C@H]2C#N)C1. The van der Waals surface area contributed by atoms with Gasteiger partial charge in [0.05, 0.1) is 36.5 Å². The van der Waals surface area contributed by atoms with E-state index >= 15 is 0 Å². The van der Waals surface area contributed by atoms with Crippen LogP contribution in [0.4, 0.5) is 4.39 Å². The minimum Gasteiger partial charge on any atom is -0.391 e. The molecule has 1 amide bonds. The van der Waals surface area contributed by atoms with Crippen LogP contribution in [0.1, 0.15) is 43.7 Å². The lowest BCUT2D eigenvalue weighted by atomic mass is 10.0. The highest BCUT2D eigenvalue weighted by Gasteiger charge is 2.35. The Morgan fingerprint density at radius 3 is 2.77 bits per heavy atom. The van der Waals surface area contributed by atoms with E-state index < -0.39 is 12.2 Å². The minimum absolute atomic E-state index is 0.00831. The van der Waals surface area contributed by atoms with Gasteiger partial charge >= 0.3 is 0 Å². The lowest BCUT2D eigenvalue weighted by molar-refractivity contribution is -0.130. The van der Waals surface area contributed by atoms with E-state index in [1.807, 2.05) is 25.1 Å². The van der Waals surface area contributed by atoms with E-state index in [1.54, 1.807) is 12.1 Å². The van der Waals surface area contributed by atoms with E-state index in [4.69, 9.17) is 15.4 Å². The number of amides is 1. The summed E-state index contributed by atoms with van der Waals surface area (Å²) in [4.78, 5) is 19.1. The van der Waals surface area contributed by atoms with E-state index in [0.29, 0.717) is 12.2 Å². The molecule has 0 unspecified atom stereocenters. The first-order valence-corrected chi connectivity index (χ1v) is 10.2. The Kier molecular flexibility index (Phi) is 7.37. The van der Waals surface area contributed by atoms with E-state index in [9.17, 15) is 9.18 Å². The average Bonchev–Trinajstić information content (AvgIpc) is 3.39. The fourth-order valence-electron chi connectivity index (χ4n) is 4.02. The molecule has 1 heterocycles. The van der Waals surface area contributed by atoms with E-state index in [-0.39, 0.29) is 37.4 Å². The first-order valence-electron chi connectivity index (χ1n) is 10.2. The van der Waals surface area contributed by atoms with Crippen LogP contribution in [-0.4, -0.2) is 47.9 Å². The van der Waals surface area contributed by atoms with Gasteiger partial charge in [-0.2, -0.15) is 10.5 Å². The first-order chi connectivity index (χ1) is 14.5. The third kappa shape index (κ3) is 5.55. The van der Waals surface area contributed by atoms with Crippen molar-refractivity contribution in [2.45, 2.75) is 57.5 Å². The Morgan fingerprint density at radius 1 is 1.30 bits per heavy atom. The highest BCUT2D eigenvalue weighted by molar-refractivity contribution is 5.84. The van der Waals surface area contributed by atoms with Gasteiger partial charge in [0.2, 0.25) is 5.91 Å². The summed E-state index contributed by atoms with van der Waals surface area (Å²) < 4.78 is 13.5. The molecule has 2 aliphatic rings. The van der Waals surface area contributed by atoms with Crippen LogP contribution in [0.5, 0.6) is 0 Å². The van der Waals surface area contributed by atoms with Crippen molar-refractivity contribution in [3.63, 3.8) is 0 Å². The second-order valence-electron chi connectivity index (χ2n) is 7.93. The van der Waals surface area contributed by atoms with Gasteiger partial charge in [0, 0.05) is 18.4 Å². The number of carbonyl (C=O) groups excluding carboxylic acids is 1. The van der Waals surface area contributed by atoms with Crippen LogP contribution in [0.15, 0.2) is 29.4 Å². The van der Waals surface area contributed by atoms with Gasteiger partial charge in [0.1, 0.15) is 18.8 Å². The molecule has 2 fully saturated rings. The lowest BCUT2D eigenvalue weighted by Gasteiger charge is -2.21. The average molecular weight is 411 g/mol. The zero-order valence-corrected chi connectivity index (χ0v) is 17.1. The third-order valence-corrected chi connectivity index (χ3v) is 5.81. The molecule has 1 aromatic carbocycles. The molecule has 0 radical (unpaired) electrons. The van der Waals surface area contributed by atoms with Crippen LogP contribution < -0.4 is 5.32 Å². The van der Waals surface area contributed by atoms with Crippen molar-refractivity contribution in [2.75, 3.05) is 13.1 Å². The maximum absolute atomic E-state index is 13.5. The number of likely N-dealkylation sites (tertiary alicyclic amines) is 1. The van der Waals surface area contributed by atoms with E-state index in [0.717, 1.165) is 30.5 Å². The highest BCUT2D eigenvalue weighted by atomic mass is 19.1. The van der Waals surface area contributed by atoms with Gasteiger partial charge in [0.15, 0.2) is 0 Å². The van der Waals surface area contributed by atoms with Crippen molar-refractivity contribution >= 4 is 11.6 Å². The summed E-state index contributed by atoms with van der Waals surface area (Å²) in [6.07, 6.45) is 1.73. The second-order valence-corrected chi connectivity index (χ2v) is 7.93. The number of carbonyl (C=O) groups is 1. The molecule has 0 spiro atoms. The van der Waals surface area contributed by atoms with Crippen molar-refractivity contribution in [2.24, 2.45) is 11.1 Å². The van der Waals surface area contributed by atoms with E-state index in [1.165, 1.54) is 4.90 Å². The second kappa shape index (κ2) is 10.2. The van der Waals surface area contributed by atoms with Gasteiger partial charge in [0.25, 0.3) is 0 Å². The zero-order chi connectivity index (χ0) is 21.5. The largest absolute Gasteiger partial charge is 0.391 e. The van der Waals surface area contributed by atoms with Crippen molar-refractivity contribution in [3.8, 4) is 12.1 Å².